The van der Waals surface area contributed by atoms with Crippen molar-refractivity contribution in [1.29, 1.82) is 0 Å². The standard InChI is InChI=1S/C21H28NSi.C19H26NSi.C18H24NSi.C16H20NSi.4C11H8N.4Ir/c1-23(2,3)21-16-22-20(18-12-8-5-9-13-18)15-19(21)14-17-10-6-4-7-11-17;1-19(2,3)13-16-12-17(15-10-8-7-9-11-15)20-14-18(16)21(4,5)6;1-5-6-10-16-13-17(15-11-8-7-9-12-15)19-14-18(16)20(2,3)4;1-5-13-11-15(14-9-7-6-8-10-14)17-12-16(13)18(2,3)4;4*1-2-6-10(7-3-1)11-8-4-5-9-12-11;;;;/h5,8-9,12,15-17H,4,6-7,10-11,14H2,1-3H3;7-10,12,14H,13H2,1-6H3;7-9,11,13-14H,5-6,10H2,1-4H3;6-9,11-12H,5H2,1-4H3;4*1-6,8-9H;;;;/q8*-1;;;;/i;;;;4D,5D,8D,9D;2*1D,2D,3D,6D;1D,2D,3D;;;;. The van der Waals surface area contributed by atoms with Gasteiger partial charge in [-0.05, 0) is 141 Å². The molecule has 8 heterocycles. The summed E-state index contributed by atoms with van der Waals surface area (Å²) >= 11 is 0. The molecule has 16 heteroatoms. The molecule has 8 aromatic heterocycles. The number of aryl methyl sites for hydroxylation is 2. The minimum Gasteiger partial charge on any atom is -0.305 e. The Bertz CT molecular complexity index is 6650. The molecule has 1 fully saturated rings. The molecule has 1 aliphatic rings. The maximum absolute atomic E-state index is 7.71. The SMILES string of the molecule is CC(C)(C)Cc1cc(-c2[c-]cccc2)ncc1[Si](C)(C)C.CCCCc1cc(-c2[c-]cccc2)ncc1[Si](C)(C)C.CCc1cc(-c2[c-]cccc2)ncc1[Si](C)(C)C.C[Si](C)(C)c1cnc(-c2[c-]cccc2)cc1CC1CCCCC1.[2H]c1[c-]c(-c2ccccn2)c([2H])c([2H])c1[2H].[2H]c1[c-]c(-c2ccccn2)c([2H])c([2H])c1[2H].[2H]c1[c-]c(-c2ccccn2)cc([2H])c1[2H].[2H]c1nc(-c2[c-]cccc2)c([2H])c([2H])c1[2H].[Ir].[Ir].[Ir].[Ir]. The summed E-state index contributed by atoms with van der Waals surface area (Å²) in [6, 6.07) is 87.2. The van der Waals surface area contributed by atoms with Crippen molar-refractivity contribution in [2.24, 2.45) is 11.3 Å². The maximum Gasteiger partial charge on any atom is 0.0830 e. The fourth-order valence-corrected chi connectivity index (χ4v) is 21.0. The van der Waals surface area contributed by atoms with E-state index < -0.39 is 32.3 Å². The van der Waals surface area contributed by atoms with Crippen LogP contribution in [0.15, 0.2) is 340 Å². The zero-order valence-electron chi connectivity index (χ0n) is 94.9. The van der Waals surface area contributed by atoms with Gasteiger partial charge in [-0.25, -0.2) is 0 Å². The van der Waals surface area contributed by atoms with Crippen LogP contribution in [0.5, 0.6) is 0 Å². The Kier molecular flexibility index (Phi) is 39.4. The van der Waals surface area contributed by atoms with Crippen molar-refractivity contribution < 1.29 is 101 Å². The van der Waals surface area contributed by atoms with Gasteiger partial charge in [-0.2, -0.15) is 0 Å². The van der Waals surface area contributed by atoms with Gasteiger partial charge in [-0.15, -0.1) is 287 Å². The smallest absolute Gasteiger partial charge is 0.0830 e. The molecule has 0 bridgehead atoms. The molecule has 0 saturated heterocycles. The molecular weight excluding hydrogens is 2410 g/mol. The van der Waals surface area contributed by atoms with E-state index in [4.69, 9.17) is 30.5 Å². The summed E-state index contributed by atoms with van der Waals surface area (Å²) in [6.45, 7) is 40.2. The summed E-state index contributed by atoms with van der Waals surface area (Å²) in [7, 11) is -5.35. The van der Waals surface area contributed by atoms with Crippen LogP contribution < -0.4 is 20.7 Å². The van der Waals surface area contributed by atoms with E-state index in [-0.39, 0.29) is 182 Å². The van der Waals surface area contributed by atoms with Gasteiger partial charge >= 0.3 is 0 Å². The number of unbranched alkanes of at least 4 members (excludes halogenated alkanes) is 1. The van der Waals surface area contributed by atoms with E-state index in [0.717, 1.165) is 63.8 Å². The molecule has 8 nitrogen and oxygen atoms in total. The third-order valence-electron chi connectivity index (χ3n) is 21.0. The largest absolute Gasteiger partial charge is 0.305 e. The quantitative estimate of drug-likeness (QED) is 0.0583. The van der Waals surface area contributed by atoms with E-state index in [2.05, 4.69) is 271 Å². The second kappa shape index (κ2) is 58.1. The molecule has 0 unspecified atom stereocenters. The number of benzene rings is 8. The van der Waals surface area contributed by atoms with E-state index in [1.165, 1.54) is 96.1 Å². The van der Waals surface area contributed by atoms with Crippen molar-refractivity contribution in [2.45, 2.75) is 184 Å². The molecule has 0 spiro atoms. The Morgan fingerprint density at radius 3 is 1.02 bits per heavy atom. The van der Waals surface area contributed by atoms with Crippen LogP contribution in [0.2, 0.25) is 78.6 Å². The minimum absolute atomic E-state index is 0. The second-order valence-corrected chi connectivity index (χ2v) is 57.0. The Hall–Kier alpha value is -9.58. The molecule has 702 valence electrons. The van der Waals surface area contributed by atoms with Crippen LogP contribution in [0.25, 0.3) is 90.1 Å². The van der Waals surface area contributed by atoms with Gasteiger partial charge in [-0.3, -0.25) is 0 Å². The summed E-state index contributed by atoms with van der Waals surface area (Å²) < 4.78 is 113. The molecule has 17 rings (SSSR count). The van der Waals surface area contributed by atoms with Gasteiger partial charge in [-0.1, -0.05) is 247 Å². The molecule has 134 heavy (non-hydrogen) atoms. The van der Waals surface area contributed by atoms with Gasteiger partial charge in [0.25, 0.3) is 0 Å². The Labute approximate surface area is 883 Å². The normalized spacial score (nSPS) is 13.1. The fraction of sp³-hybridized carbons (Fsp3) is 0.254. The van der Waals surface area contributed by atoms with Crippen molar-refractivity contribution in [3.8, 4) is 90.1 Å². The van der Waals surface area contributed by atoms with Crippen molar-refractivity contribution in [1.82, 2.24) is 39.9 Å². The first-order valence-electron chi connectivity index (χ1n) is 52.3. The van der Waals surface area contributed by atoms with E-state index in [1.54, 1.807) is 102 Å². The molecule has 0 atom stereocenters. The number of hydrogen-bond donors (Lipinski definition) is 0. The van der Waals surface area contributed by atoms with Crippen molar-refractivity contribution in [3.05, 3.63) is 411 Å². The van der Waals surface area contributed by atoms with Gasteiger partial charge < -0.3 is 39.9 Å². The van der Waals surface area contributed by atoms with Crippen molar-refractivity contribution >= 4 is 53.0 Å². The maximum atomic E-state index is 7.71. The summed E-state index contributed by atoms with van der Waals surface area (Å²) in [5.41, 5.74) is 18.4. The predicted octanol–water partition coefficient (Wildman–Crippen LogP) is 28.2. The number of pyridine rings is 8. The van der Waals surface area contributed by atoms with E-state index in [9.17, 15) is 0 Å². The fourth-order valence-electron chi connectivity index (χ4n) is 14.6. The van der Waals surface area contributed by atoms with Crippen LogP contribution in [0.1, 0.15) is 122 Å². The van der Waals surface area contributed by atoms with Crippen LogP contribution >= 0.6 is 0 Å². The molecule has 0 N–H and O–H groups in total. The zero-order chi connectivity index (χ0) is 106. The minimum atomic E-state index is -1.37. The van der Waals surface area contributed by atoms with E-state index in [0.29, 0.717) is 39.3 Å². The number of nitrogens with zero attached hydrogens (tertiary/aromatic N) is 8. The van der Waals surface area contributed by atoms with Crippen LogP contribution in [0, 0.1) is 59.9 Å². The number of aromatic nitrogens is 8. The molecular formula is C118H130Ir4N8Si4-8. The van der Waals surface area contributed by atoms with Gasteiger partial charge in [0.05, 0.1) is 37.8 Å². The predicted molar refractivity (Wildman–Crippen MR) is 561 cm³/mol. The molecule has 8 aromatic carbocycles. The van der Waals surface area contributed by atoms with Crippen LogP contribution in [0.3, 0.4) is 0 Å². The van der Waals surface area contributed by atoms with Crippen molar-refractivity contribution in [2.75, 3.05) is 0 Å². The first-order valence-corrected chi connectivity index (χ1v) is 58.8. The first-order chi connectivity index (χ1) is 68.8. The summed E-state index contributed by atoms with van der Waals surface area (Å²) in [6.07, 6.45) is 27.1. The van der Waals surface area contributed by atoms with Crippen LogP contribution in [-0.4, -0.2) is 72.2 Å². The Morgan fingerprint density at radius 2 is 0.657 bits per heavy atom. The topological polar surface area (TPSA) is 103 Å². The second-order valence-electron chi connectivity index (χ2n) is 36.9. The monoisotopic (exact) mass is 2560 g/mol. The van der Waals surface area contributed by atoms with Gasteiger partial charge in [0.2, 0.25) is 0 Å². The Morgan fingerprint density at radius 1 is 0.321 bits per heavy atom. The molecule has 1 aliphatic carbocycles. The average molecular weight is 2560 g/mol. The average Bonchev–Trinajstić information content (AvgIpc) is 0.797. The summed E-state index contributed by atoms with van der Waals surface area (Å²) in [5, 5.41) is 6.01. The van der Waals surface area contributed by atoms with E-state index >= 15 is 0 Å². The molecule has 4 radical (unpaired) electrons. The van der Waals surface area contributed by atoms with Gasteiger partial charge in [0, 0.05) is 138 Å². The summed E-state index contributed by atoms with van der Waals surface area (Å²) in [4.78, 5) is 34.8. The zero-order valence-corrected chi connectivity index (χ0v) is 93.5. The molecule has 0 amide bonds. The third kappa shape index (κ3) is 38.2. The van der Waals surface area contributed by atoms with Crippen LogP contribution in [-0.2, 0) is 106 Å². The van der Waals surface area contributed by atoms with Crippen molar-refractivity contribution in [3.63, 3.8) is 0 Å². The summed E-state index contributed by atoms with van der Waals surface area (Å²) in [5.74, 6) is 0.869. The van der Waals surface area contributed by atoms with Gasteiger partial charge in [0.1, 0.15) is 0 Å². The first kappa shape index (κ1) is 90.9. The number of hydrogen-bond acceptors (Lipinski definition) is 8. The van der Waals surface area contributed by atoms with E-state index in [1.807, 2.05) is 72.8 Å². The van der Waals surface area contributed by atoms with Gasteiger partial charge in [0.15, 0.2) is 0 Å². The Balaban J connectivity index is 0.000000260. The molecule has 16 aromatic rings. The third-order valence-corrected chi connectivity index (χ3v) is 29.3. The number of rotatable bonds is 19. The van der Waals surface area contributed by atoms with Crippen LogP contribution in [0.4, 0.5) is 0 Å². The molecule has 1 saturated carbocycles. The molecule has 0 aliphatic heterocycles.